The molecule has 0 bridgehead atoms. The molecule has 1 aliphatic rings. The van der Waals surface area contributed by atoms with E-state index in [2.05, 4.69) is 52.9 Å². The first-order chi connectivity index (χ1) is 10.5. The second-order valence-electron chi connectivity index (χ2n) is 6.16. The highest BCUT2D eigenvalue weighted by Crippen LogP contribution is 2.30. The topological polar surface area (TPSA) is 29.5 Å². The molecule has 0 N–H and O–H groups in total. The quantitative estimate of drug-likeness (QED) is 0.730. The van der Waals surface area contributed by atoms with E-state index in [9.17, 15) is 4.79 Å². The molecule has 1 aliphatic heterocycles. The SMILES string of the molecule is COC(=O)/C1=C\c2cc(Br)ccc2N(CC(C)C)CCCC1. The number of halogens is 1. The first kappa shape index (κ1) is 17.1. The maximum Gasteiger partial charge on any atom is 0.333 e. The average Bonchev–Trinajstić information content (AvgIpc) is 2.55. The number of carbonyl (C=O) groups is 1. The Kier molecular flexibility index (Phi) is 6.07. The van der Waals surface area contributed by atoms with Crippen LogP contribution in [0.4, 0.5) is 5.69 Å². The van der Waals surface area contributed by atoms with Crippen molar-refractivity contribution in [1.29, 1.82) is 0 Å². The molecule has 0 aromatic heterocycles. The summed E-state index contributed by atoms with van der Waals surface area (Å²) in [5, 5.41) is 0. The molecule has 3 nitrogen and oxygen atoms in total. The van der Waals surface area contributed by atoms with Gasteiger partial charge < -0.3 is 9.64 Å². The molecule has 0 fully saturated rings. The van der Waals surface area contributed by atoms with Gasteiger partial charge in [-0.3, -0.25) is 0 Å². The van der Waals surface area contributed by atoms with Gasteiger partial charge in [0, 0.05) is 28.8 Å². The lowest BCUT2D eigenvalue weighted by Crippen LogP contribution is -2.29. The molecule has 120 valence electrons. The number of benzene rings is 1. The van der Waals surface area contributed by atoms with Gasteiger partial charge in [0.1, 0.15) is 0 Å². The third-order valence-corrected chi connectivity index (χ3v) is 4.31. The molecular weight excluding hydrogens is 342 g/mol. The number of carbonyl (C=O) groups excluding carboxylic acids is 1. The van der Waals surface area contributed by atoms with Gasteiger partial charge in [0.05, 0.1) is 7.11 Å². The van der Waals surface area contributed by atoms with E-state index in [-0.39, 0.29) is 5.97 Å². The highest BCUT2D eigenvalue weighted by molar-refractivity contribution is 9.10. The van der Waals surface area contributed by atoms with Gasteiger partial charge in [0.2, 0.25) is 0 Å². The Morgan fingerprint density at radius 3 is 2.82 bits per heavy atom. The van der Waals surface area contributed by atoms with Gasteiger partial charge in [-0.05, 0) is 55.0 Å². The molecule has 0 spiro atoms. The number of hydrogen-bond donors (Lipinski definition) is 0. The molecule has 0 saturated carbocycles. The van der Waals surface area contributed by atoms with Crippen LogP contribution in [0.5, 0.6) is 0 Å². The summed E-state index contributed by atoms with van der Waals surface area (Å²) in [6, 6.07) is 6.28. The van der Waals surface area contributed by atoms with Gasteiger partial charge in [-0.1, -0.05) is 29.8 Å². The van der Waals surface area contributed by atoms with Crippen LogP contribution in [-0.2, 0) is 9.53 Å². The molecule has 0 unspecified atom stereocenters. The molecule has 1 heterocycles. The van der Waals surface area contributed by atoms with Crippen LogP contribution in [-0.4, -0.2) is 26.2 Å². The summed E-state index contributed by atoms with van der Waals surface area (Å²) >= 11 is 3.54. The number of ether oxygens (including phenoxy) is 1. The lowest BCUT2D eigenvalue weighted by Gasteiger charge is -2.28. The van der Waals surface area contributed by atoms with E-state index in [0.717, 1.165) is 48.0 Å². The lowest BCUT2D eigenvalue weighted by molar-refractivity contribution is -0.136. The summed E-state index contributed by atoms with van der Waals surface area (Å²) in [4.78, 5) is 14.4. The Morgan fingerprint density at radius 2 is 2.14 bits per heavy atom. The van der Waals surface area contributed by atoms with Crippen LogP contribution in [0.3, 0.4) is 0 Å². The highest BCUT2D eigenvalue weighted by Gasteiger charge is 2.17. The van der Waals surface area contributed by atoms with Crippen LogP contribution >= 0.6 is 15.9 Å². The standard InChI is InChI=1S/C18H24BrNO2/c1-13(2)12-20-9-5-4-6-14(18(21)22-3)10-15-11-16(19)7-8-17(15)20/h7-8,10-11,13H,4-6,9,12H2,1-3H3/b14-10-. The molecule has 1 aromatic rings. The minimum Gasteiger partial charge on any atom is -0.466 e. The third kappa shape index (κ3) is 4.35. The van der Waals surface area contributed by atoms with Crippen LogP contribution in [0.15, 0.2) is 28.2 Å². The van der Waals surface area contributed by atoms with Crippen LogP contribution in [0.1, 0.15) is 38.7 Å². The predicted molar refractivity (Wildman–Crippen MR) is 95.0 cm³/mol. The maximum absolute atomic E-state index is 12.0. The van der Waals surface area contributed by atoms with Crippen molar-refractivity contribution >= 4 is 33.7 Å². The van der Waals surface area contributed by atoms with Crippen LogP contribution < -0.4 is 4.90 Å². The first-order valence-electron chi connectivity index (χ1n) is 7.84. The van der Waals surface area contributed by atoms with Crippen molar-refractivity contribution in [3.63, 3.8) is 0 Å². The number of hydrogen-bond acceptors (Lipinski definition) is 3. The van der Waals surface area contributed by atoms with Gasteiger partial charge >= 0.3 is 5.97 Å². The summed E-state index contributed by atoms with van der Waals surface area (Å²) < 4.78 is 5.95. The first-order valence-corrected chi connectivity index (χ1v) is 8.64. The Bertz CT molecular complexity index is 566. The van der Waals surface area contributed by atoms with E-state index in [1.165, 1.54) is 12.8 Å². The van der Waals surface area contributed by atoms with Crippen LogP contribution in [0.25, 0.3) is 6.08 Å². The number of fused-ring (bicyclic) bond motifs is 1. The largest absolute Gasteiger partial charge is 0.466 e. The van der Waals surface area contributed by atoms with Crippen molar-refractivity contribution in [2.75, 3.05) is 25.1 Å². The van der Waals surface area contributed by atoms with Crippen LogP contribution in [0.2, 0.25) is 0 Å². The number of esters is 1. The average molecular weight is 366 g/mol. The van der Waals surface area contributed by atoms with Gasteiger partial charge in [0.25, 0.3) is 0 Å². The van der Waals surface area contributed by atoms with E-state index in [0.29, 0.717) is 5.92 Å². The smallest absolute Gasteiger partial charge is 0.333 e. The zero-order valence-corrected chi connectivity index (χ0v) is 15.1. The zero-order valence-electron chi connectivity index (χ0n) is 13.6. The van der Waals surface area contributed by atoms with E-state index in [1.54, 1.807) is 0 Å². The third-order valence-electron chi connectivity index (χ3n) is 3.82. The Hall–Kier alpha value is -1.29. The van der Waals surface area contributed by atoms with E-state index < -0.39 is 0 Å². The maximum atomic E-state index is 12.0. The molecular formula is C18H24BrNO2. The fourth-order valence-corrected chi connectivity index (χ4v) is 3.23. The predicted octanol–water partition coefficient (Wildman–Crippen LogP) is 4.65. The minimum atomic E-state index is -0.219. The lowest BCUT2D eigenvalue weighted by atomic mass is 10.0. The summed E-state index contributed by atoms with van der Waals surface area (Å²) in [5.74, 6) is 0.379. The second-order valence-corrected chi connectivity index (χ2v) is 7.08. The summed E-state index contributed by atoms with van der Waals surface area (Å²) in [5.41, 5.74) is 3.03. The molecule has 22 heavy (non-hydrogen) atoms. The fraction of sp³-hybridized carbons (Fsp3) is 0.500. The molecule has 2 rings (SSSR count). The molecule has 0 aliphatic carbocycles. The summed E-state index contributed by atoms with van der Waals surface area (Å²) in [6.07, 6.45) is 4.85. The normalized spacial score (nSPS) is 17.9. The van der Waals surface area contributed by atoms with Crippen LogP contribution in [0, 0.1) is 5.92 Å². The zero-order chi connectivity index (χ0) is 16.1. The number of anilines is 1. The molecule has 4 heteroatoms. The number of methoxy groups -OCH3 is 1. The Labute approximate surface area is 141 Å². The Balaban J connectivity index is 2.47. The monoisotopic (exact) mass is 365 g/mol. The van der Waals surface area contributed by atoms with Crippen molar-refractivity contribution in [2.45, 2.75) is 33.1 Å². The molecule has 0 saturated heterocycles. The van der Waals surface area contributed by atoms with E-state index in [1.807, 2.05) is 6.08 Å². The number of nitrogens with zero attached hydrogens (tertiary/aromatic N) is 1. The van der Waals surface area contributed by atoms with E-state index in [4.69, 9.17) is 4.74 Å². The van der Waals surface area contributed by atoms with Crippen molar-refractivity contribution in [2.24, 2.45) is 5.92 Å². The van der Waals surface area contributed by atoms with Gasteiger partial charge in [-0.2, -0.15) is 0 Å². The second kappa shape index (κ2) is 7.82. The van der Waals surface area contributed by atoms with Crippen molar-refractivity contribution in [1.82, 2.24) is 0 Å². The molecule has 0 radical (unpaired) electrons. The highest BCUT2D eigenvalue weighted by atomic mass is 79.9. The molecule has 0 amide bonds. The van der Waals surface area contributed by atoms with Gasteiger partial charge in [0.15, 0.2) is 0 Å². The van der Waals surface area contributed by atoms with Crippen molar-refractivity contribution < 1.29 is 9.53 Å². The van der Waals surface area contributed by atoms with Gasteiger partial charge in [-0.25, -0.2) is 4.79 Å². The van der Waals surface area contributed by atoms with E-state index >= 15 is 0 Å². The minimum absolute atomic E-state index is 0.219. The molecule has 0 atom stereocenters. The summed E-state index contributed by atoms with van der Waals surface area (Å²) in [7, 11) is 1.45. The molecule has 1 aromatic carbocycles. The fourth-order valence-electron chi connectivity index (χ4n) is 2.85. The van der Waals surface area contributed by atoms with Crippen molar-refractivity contribution in [3.05, 3.63) is 33.8 Å². The van der Waals surface area contributed by atoms with Crippen molar-refractivity contribution in [3.8, 4) is 0 Å². The van der Waals surface area contributed by atoms with Gasteiger partial charge in [-0.15, -0.1) is 0 Å². The Morgan fingerprint density at radius 1 is 1.36 bits per heavy atom. The number of rotatable bonds is 3. The summed E-state index contributed by atoms with van der Waals surface area (Å²) in [6.45, 7) is 6.52.